The number of benzene rings is 8. The molecule has 0 radical (unpaired) electrons. The zero-order valence-corrected chi connectivity index (χ0v) is 36.1. The highest BCUT2D eigenvalue weighted by atomic mass is 14.4. The van der Waals surface area contributed by atoms with Crippen molar-refractivity contribution in [2.24, 2.45) is 0 Å². The molecule has 0 unspecified atom stereocenters. The van der Waals surface area contributed by atoms with E-state index in [0.717, 1.165) is 0 Å². The minimum atomic E-state index is 1.24. The largest absolute Gasteiger partial charge is 0.0622 e. The van der Waals surface area contributed by atoms with E-state index in [0.29, 0.717) is 0 Å². The SMILES string of the molecule is C1=C(C2=C/C(=C3/C=C(c4ccccc4)c4ccccc43)c3ccccc32)c2ccccc2/C1=C1\C=C(C2=C/C(=C3/C=C(c4ccccc4)c4ccccc43)c3ccccc32)c2ccccc21. The van der Waals surface area contributed by atoms with Crippen LogP contribution in [-0.4, -0.2) is 0 Å². The summed E-state index contributed by atoms with van der Waals surface area (Å²) in [7, 11) is 0. The van der Waals surface area contributed by atoms with Crippen LogP contribution in [-0.2, 0) is 0 Å². The number of fused-ring (bicyclic) bond motifs is 6. The van der Waals surface area contributed by atoms with Gasteiger partial charge in [0, 0.05) is 0 Å². The molecule has 0 aromatic heterocycles. The number of hydrogen-bond donors (Lipinski definition) is 0. The zero-order valence-electron chi connectivity index (χ0n) is 36.1. The van der Waals surface area contributed by atoms with E-state index >= 15 is 0 Å². The molecule has 0 N–H and O–H groups in total. The number of hydrogen-bond acceptors (Lipinski definition) is 0. The first-order valence-electron chi connectivity index (χ1n) is 23.0. The first kappa shape index (κ1) is 36.9. The van der Waals surface area contributed by atoms with Crippen LogP contribution in [0.3, 0.4) is 0 Å². The predicted octanol–water partition coefficient (Wildman–Crippen LogP) is 16.3. The van der Waals surface area contributed by atoms with E-state index < -0.39 is 0 Å². The molecule has 8 aromatic rings. The van der Waals surface area contributed by atoms with Gasteiger partial charge in [0.25, 0.3) is 0 Å². The first-order valence-corrected chi connectivity index (χ1v) is 23.0. The van der Waals surface area contributed by atoms with E-state index in [1.807, 2.05) is 0 Å². The Hall–Kier alpha value is -8.58. The fourth-order valence-electron chi connectivity index (χ4n) is 11.5. The minimum Gasteiger partial charge on any atom is -0.0622 e. The van der Waals surface area contributed by atoms with Crippen LogP contribution in [0.1, 0.15) is 77.9 Å². The summed E-state index contributed by atoms with van der Waals surface area (Å²) in [5, 5.41) is 0. The molecule has 0 heterocycles. The maximum absolute atomic E-state index is 2.48. The molecule has 0 aliphatic heterocycles. The molecule has 0 bridgehead atoms. The van der Waals surface area contributed by atoms with Gasteiger partial charge in [-0.15, -0.1) is 0 Å². The molecular formula is C66H40. The van der Waals surface area contributed by atoms with Crippen molar-refractivity contribution in [2.75, 3.05) is 0 Å². The normalized spacial score (nSPS) is 19.2. The monoisotopic (exact) mass is 832 g/mol. The molecule has 0 fully saturated rings. The number of rotatable bonds is 4. The molecule has 14 rings (SSSR count). The molecule has 66 heavy (non-hydrogen) atoms. The first-order chi connectivity index (χ1) is 32.8. The Kier molecular flexibility index (Phi) is 8.08. The van der Waals surface area contributed by atoms with Gasteiger partial charge in [-0.25, -0.2) is 0 Å². The maximum atomic E-state index is 2.48. The summed E-state index contributed by atoms with van der Waals surface area (Å²) in [4.78, 5) is 0. The summed E-state index contributed by atoms with van der Waals surface area (Å²) in [5.41, 5.74) is 33.1. The van der Waals surface area contributed by atoms with Crippen molar-refractivity contribution < 1.29 is 0 Å². The Labute approximate surface area is 385 Å². The fourth-order valence-corrected chi connectivity index (χ4v) is 11.5. The lowest BCUT2D eigenvalue weighted by Crippen LogP contribution is -1.89. The molecule has 0 atom stereocenters. The molecule has 6 aliphatic carbocycles. The second-order valence-corrected chi connectivity index (χ2v) is 17.8. The van der Waals surface area contributed by atoms with Crippen LogP contribution in [0.4, 0.5) is 0 Å². The summed E-state index contributed by atoms with van der Waals surface area (Å²) in [6.45, 7) is 0. The van der Waals surface area contributed by atoms with Crippen LogP contribution in [0.25, 0.3) is 66.9 Å². The Balaban J connectivity index is 0.951. The van der Waals surface area contributed by atoms with Gasteiger partial charge in [0.2, 0.25) is 0 Å². The van der Waals surface area contributed by atoms with Crippen LogP contribution in [0.5, 0.6) is 0 Å². The molecule has 0 amide bonds. The second kappa shape index (κ2) is 14.5. The molecule has 8 aromatic carbocycles. The summed E-state index contributed by atoms with van der Waals surface area (Å²) in [5.74, 6) is 0. The predicted molar refractivity (Wildman–Crippen MR) is 278 cm³/mol. The maximum Gasteiger partial charge on any atom is -0.00923 e. The van der Waals surface area contributed by atoms with E-state index in [-0.39, 0.29) is 0 Å². The summed E-state index contributed by atoms with van der Waals surface area (Å²) in [6, 6.07) is 75.5. The smallest absolute Gasteiger partial charge is 0.00923 e. The van der Waals surface area contributed by atoms with Crippen molar-refractivity contribution in [2.45, 2.75) is 0 Å². The van der Waals surface area contributed by atoms with Crippen LogP contribution in [0.2, 0.25) is 0 Å². The Morgan fingerprint density at radius 3 is 0.530 bits per heavy atom. The van der Waals surface area contributed by atoms with Crippen molar-refractivity contribution in [3.63, 3.8) is 0 Å². The van der Waals surface area contributed by atoms with E-state index in [2.05, 4.69) is 243 Å². The summed E-state index contributed by atoms with van der Waals surface area (Å²) >= 11 is 0. The molecule has 0 nitrogen and oxygen atoms in total. The third kappa shape index (κ3) is 5.46. The molecule has 0 heteroatoms. The zero-order chi connectivity index (χ0) is 43.3. The van der Waals surface area contributed by atoms with Crippen molar-refractivity contribution in [1.29, 1.82) is 0 Å². The van der Waals surface area contributed by atoms with Gasteiger partial charge in [-0.3, -0.25) is 0 Å². The molecule has 304 valence electrons. The van der Waals surface area contributed by atoms with Gasteiger partial charge in [0.1, 0.15) is 0 Å². The van der Waals surface area contributed by atoms with Crippen molar-refractivity contribution in [3.8, 4) is 0 Å². The van der Waals surface area contributed by atoms with Crippen LogP contribution in [0, 0.1) is 0 Å². The van der Waals surface area contributed by atoms with Crippen molar-refractivity contribution in [3.05, 3.63) is 321 Å². The Bertz CT molecular complexity index is 3500. The highest BCUT2D eigenvalue weighted by Crippen LogP contribution is 2.56. The topological polar surface area (TPSA) is 0 Å². The van der Waals surface area contributed by atoms with E-state index in [4.69, 9.17) is 0 Å². The highest BCUT2D eigenvalue weighted by molar-refractivity contribution is 6.29. The second-order valence-electron chi connectivity index (χ2n) is 17.8. The lowest BCUT2D eigenvalue weighted by Gasteiger charge is -2.09. The summed E-state index contributed by atoms with van der Waals surface area (Å²) in [6.07, 6.45) is 14.7. The van der Waals surface area contributed by atoms with Gasteiger partial charge in [-0.1, -0.05) is 206 Å². The van der Waals surface area contributed by atoms with Crippen molar-refractivity contribution in [1.82, 2.24) is 0 Å². The molecule has 0 saturated carbocycles. The molecule has 6 aliphatic rings. The Morgan fingerprint density at radius 2 is 0.303 bits per heavy atom. The number of allylic oxidation sites excluding steroid dienone is 16. The standard InChI is InChI=1S/C66H40/c1-3-19-41(20-4-1)55-35-57(45-25-9-7-23-43(45)55)59-37-61(49-29-13-11-27-47(49)59)63-39-65(53-33-17-15-31-51(53)63)66-40-64(52-32-16-18-34-54(52)66)62-38-60(48-28-12-14-30-50(48)62)58-36-56(42-21-5-2-6-22-42)44-24-8-10-26-46(44)58/h1-40H/b59-57+,60-58+,66-65+. The Morgan fingerprint density at radius 1 is 0.136 bits per heavy atom. The van der Waals surface area contributed by atoms with Gasteiger partial charge < -0.3 is 0 Å². The quantitative estimate of drug-likeness (QED) is 0.166. The van der Waals surface area contributed by atoms with Gasteiger partial charge >= 0.3 is 0 Å². The molecule has 0 saturated heterocycles. The van der Waals surface area contributed by atoms with Crippen LogP contribution < -0.4 is 0 Å². The summed E-state index contributed by atoms with van der Waals surface area (Å²) < 4.78 is 0. The van der Waals surface area contributed by atoms with E-state index in [9.17, 15) is 0 Å². The minimum absolute atomic E-state index is 1.24. The third-order valence-corrected chi connectivity index (χ3v) is 14.4. The van der Waals surface area contributed by atoms with E-state index in [1.54, 1.807) is 0 Å². The van der Waals surface area contributed by atoms with Gasteiger partial charge in [-0.05, 0) is 181 Å². The average Bonchev–Trinajstić information content (AvgIpc) is 4.25. The highest BCUT2D eigenvalue weighted by Gasteiger charge is 2.34. The molecule has 0 spiro atoms. The van der Waals surface area contributed by atoms with Gasteiger partial charge in [0.15, 0.2) is 0 Å². The van der Waals surface area contributed by atoms with Gasteiger partial charge in [0.05, 0.1) is 0 Å². The lowest BCUT2D eigenvalue weighted by molar-refractivity contribution is 1.55. The van der Waals surface area contributed by atoms with Gasteiger partial charge in [-0.2, -0.15) is 0 Å². The van der Waals surface area contributed by atoms with Crippen LogP contribution >= 0.6 is 0 Å². The molecular weight excluding hydrogens is 793 g/mol. The van der Waals surface area contributed by atoms with Crippen molar-refractivity contribution >= 4 is 66.9 Å². The third-order valence-electron chi connectivity index (χ3n) is 14.4. The average molecular weight is 833 g/mol. The fraction of sp³-hybridized carbons (Fsp3) is 0. The lowest BCUT2D eigenvalue weighted by atomic mass is 9.94. The van der Waals surface area contributed by atoms with E-state index in [1.165, 1.54) is 145 Å². The van der Waals surface area contributed by atoms with Crippen LogP contribution in [0.15, 0.2) is 243 Å².